The Morgan fingerprint density at radius 3 is 0.907 bits per heavy atom. The highest BCUT2D eigenvalue weighted by molar-refractivity contribution is 6.62. The van der Waals surface area contributed by atoms with E-state index in [1.807, 2.05) is 170 Å². The second kappa shape index (κ2) is 26.4. The fourth-order valence-electron chi connectivity index (χ4n) is 16.5. The zero-order chi connectivity index (χ0) is 72.7. The molecule has 0 radical (unpaired) electrons. The minimum absolute atomic E-state index is 0.336. The van der Waals surface area contributed by atoms with Crippen LogP contribution in [-0.4, -0.2) is 58.2 Å². The van der Waals surface area contributed by atoms with Gasteiger partial charge in [0.2, 0.25) is 0 Å². The van der Waals surface area contributed by atoms with Crippen LogP contribution in [0.2, 0.25) is 5.02 Å². The van der Waals surface area contributed by atoms with Gasteiger partial charge in [-0.3, -0.25) is 9.97 Å². The van der Waals surface area contributed by atoms with E-state index < -0.39 is 12.5 Å². The van der Waals surface area contributed by atoms with Gasteiger partial charge in [0, 0.05) is 61.9 Å². The van der Waals surface area contributed by atoms with E-state index in [2.05, 4.69) is 198 Å². The van der Waals surface area contributed by atoms with E-state index in [0.29, 0.717) is 34.9 Å². The van der Waals surface area contributed by atoms with Gasteiger partial charge in [0.15, 0.2) is 34.9 Å². The molecular formula is C96H68BClN8O2. The summed E-state index contributed by atoms with van der Waals surface area (Å²) in [6.45, 7) is 8.23. The number of benzene rings is 12. The van der Waals surface area contributed by atoms with E-state index in [0.717, 1.165) is 66.4 Å². The fourth-order valence-corrected chi connectivity index (χ4v) is 16.7. The predicted molar refractivity (Wildman–Crippen MR) is 433 cm³/mol. The van der Waals surface area contributed by atoms with Gasteiger partial charge in [-0.25, -0.2) is 29.9 Å². The minimum atomic E-state index is -0.422. The molecular weight excluding hydrogens is 1340 g/mol. The molecule has 4 aromatic heterocycles. The summed E-state index contributed by atoms with van der Waals surface area (Å²) in [7, 11) is -0.401. The van der Waals surface area contributed by atoms with Crippen LogP contribution in [0.15, 0.2) is 340 Å². The van der Waals surface area contributed by atoms with Crippen LogP contribution in [0, 0.1) is 0 Å². The van der Waals surface area contributed by atoms with Gasteiger partial charge in [-0.15, -0.1) is 0 Å². The Kier molecular flexibility index (Phi) is 16.1. The number of pyridine rings is 2. The molecule has 5 aliphatic rings. The average molecular weight is 1410 g/mol. The van der Waals surface area contributed by atoms with Gasteiger partial charge in [-0.1, -0.05) is 309 Å². The molecule has 1 fully saturated rings. The first-order valence-electron chi connectivity index (χ1n) is 36.5. The maximum absolute atomic E-state index is 6.46. The van der Waals surface area contributed by atoms with Crippen molar-refractivity contribution < 1.29 is 9.31 Å². The van der Waals surface area contributed by atoms with Crippen LogP contribution in [0.25, 0.3) is 124 Å². The molecule has 0 N–H and O–H groups in total. The molecule has 0 amide bonds. The molecule has 21 rings (SSSR count). The Bertz CT molecular complexity index is 5900. The maximum Gasteiger partial charge on any atom is 0.494 e. The van der Waals surface area contributed by atoms with Gasteiger partial charge >= 0.3 is 7.12 Å². The average Bonchev–Trinajstić information content (AvgIpc) is 1.52. The Hall–Kier alpha value is -12.8. The third kappa shape index (κ3) is 10.9. The summed E-state index contributed by atoms with van der Waals surface area (Å²) in [6, 6.07) is 114. The molecule has 0 unspecified atom stereocenters. The number of aromatic nitrogens is 8. The van der Waals surface area contributed by atoms with E-state index >= 15 is 0 Å². The summed E-state index contributed by atoms with van der Waals surface area (Å²) in [4.78, 5) is 38.8. The maximum atomic E-state index is 6.46. The Balaban J connectivity index is 0.000000117. The van der Waals surface area contributed by atoms with E-state index in [1.54, 1.807) is 0 Å². The van der Waals surface area contributed by atoms with Crippen LogP contribution in [0.3, 0.4) is 0 Å². The number of hydrogen-bond acceptors (Lipinski definition) is 10. The van der Waals surface area contributed by atoms with E-state index in [-0.39, 0.29) is 16.6 Å². The number of hydrogen-bond donors (Lipinski definition) is 0. The Morgan fingerprint density at radius 1 is 0.250 bits per heavy atom. The molecule has 5 heterocycles. The van der Waals surface area contributed by atoms with Gasteiger partial charge in [-0.2, -0.15) is 0 Å². The molecule has 1 saturated heterocycles. The van der Waals surface area contributed by atoms with E-state index in [9.17, 15) is 0 Å². The standard InChI is InChI=1S/C45H28N4.C27H26BN3O2.C24H14ClN/c1-3-12-30(13-4-1)42-47-43(31-14-5-2-6-15-31)49-44(48-42)32-23-21-29(22-24-32)33-25-26-36-40(28-33)45(39-20-11-27-46-41(36)39)37-18-9-7-16-34(37)35-17-8-10-19-38(35)45;1-26(2)27(3,4)33-28(32-26)22-17-15-21(16-18-22)25-30-23(19-11-7-5-8-12-19)29-24(31-25)20-13-9-6-10-14-20;25-15-11-12-18-22(14-15)24(21-10-5-13-26-23(18)21)19-8-3-1-6-16(19)17-7-2-4-9-20(17)24/h1-28H;5-18H,1-4H3;1-14H. The summed E-state index contributed by atoms with van der Waals surface area (Å²) >= 11 is 6.46. The highest BCUT2D eigenvalue weighted by Crippen LogP contribution is 2.64. The third-order valence-electron chi connectivity index (χ3n) is 22.2. The SMILES string of the molecule is CC1(C)OB(c2ccc(-c3nc(-c4ccccc4)nc(-c4ccccc4)n3)cc2)OC1(C)C.Clc1ccc2c(c1)C1(c3ccccc3-c3ccccc31)c1cccnc1-2.c1ccc(-c2nc(-c3ccccc3)nc(-c3ccc(-c4ccc5c(c4)C4(c6ccccc6-c6ccccc64)c4cccnc4-5)cc3)n2)cc1. The van der Waals surface area contributed by atoms with Crippen LogP contribution >= 0.6 is 11.6 Å². The quantitative estimate of drug-likeness (QED) is 0.136. The Morgan fingerprint density at radius 2 is 0.537 bits per heavy atom. The number of rotatable bonds is 8. The minimum Gasteiger partial charge on any atom is -0.399 e. The summed E-state index contributed by atoms with van der Waals surface area (Å²) in [5.74, 6) is 3.88. The first-order valence-corrected chi connectivity index (χ1v) is 36.9. The van der Waals surface area contributed by atoms with Crippen molar-refractivity contribution in [1.82, 2.24) is 39.9 Å². The van der Waals surface area contributed by atoms with Gasteiger partial charge in [0.05, 0.1) is 33.4 Å². The van der Waals surface area contributed by atoms with Crippen molar-refractivity contribution >= 4 is 24.2 Å². The van der Waals surface area contributed by atoms with Gasteiger partial charge in [-0.05, 0) is 141 Å². The van der Waals surface area contributed by atoms with Crippen molar-refractivity contribution in [3.8, 4) is 124 Å². The van der Waals surface area contributed by atoms with E-state index in [1.165, 1.54) is 77.9 Å². The van der Waals surface area contributed by atoms with Crippen LogP contribution in [0.1, 0.15) is 72.2 Å². The number of fused-ring (bicyclic) bond motifs is 20. The lowest BCUT2D eigenvalue weighted by Gasteiger charge is -2.32. The molecule has 0 saturated carbocycles. The topological polar surface area (TPSA) is 122 Å². The first kappa shape index (κ1) is 66.0. The smallest absolute Gasteiger partial charge is 0.399 e. The zero-order valence-electron chi connectivity index (χ0n) is 59.7. The van der Waals surface area contributed by atoms with Crippen molar-refractivity contribution in [1.29, 1.82) is 0 Å². The largest absolute Gasteiger partial charge is 0.494 e. The summed E-state index contributed by atoms with van der Waals surface area (Å²) in [5, 5.41) is 0.762. The fraction of sp³-hybridized carbons (Fsp3) is 0.0833. The van der Waals surface area contributed by atoms with Gasteiger partial charge in [0.1, 0.15) is 0 Å². The van der Waals surface area contributed by atoms with Crippen LogP contribution in [-0.2, 0) is 20.1 Å². The molecule has 10 nitrogen and oxygen atoms in total. The Labute approximate surface area is 632 Å². The lowest BCUT2D eigenvalue weighted by Crippen LogP contribution is -2.41. The highest BCUT2D eigenvalue weighted by atomic mass is 35.5. The lowest BCUT2D eigenvalue weighted by molar-refractivity contribution is 0.00578. The molecule has 108 heavy (non-hydrogen) atoms. The predicted octanol–water partition coefficient (Wildman–Crippen LogP) is 21.5. The van der Waals surface area contributed by atoms with Crippen molar-refractivity contribution in [2.45, 2.75) is 49.7 Å². The lowest BCUT2D eigenvalue weighted by atomic mass is 9.70. The molecule has 4 aliphatic carbocycles. The van der Waals surface area contributed by atoms with E-state index in [4.69, 9.17) is 60.8 Å². The van der Waals surface area contributed by atoms with Gasteiger partial charge in [0.25, 0.3) is 0 Å². The zero-order valence-corrected chi connectivity index (χ0v) is 60.4. The molecule has 0 atom stereocenters. The van der Waals surface area contributed by atoms with Crippen molar-refractivity contribution in [2.75, 3.05) is 0 Å². The van der Waals surface area contributed by atoms with Crippen molar-refractivity contribution in [2.24, 2.45) is 0 Å². The number of halogens is 1. The molecule has 16 aromatic rings. The second-order valence-corrected chi connectivity index (χ2v) is 29.2. The van der Waals surface area contributed by atoms with Gasteiger partial charge < -0.3 is 9.31 Å². The van der Waals surface area contributed by atoms with Crippen LogP contribution in [0.5, 0.6) is 0 Å². The first-order chi connectivity index (χ1) is 52.9. The highest BCUT2D eigenvalue weighted by Gasteiger charge is 2.55. The van der Waals surface area contributed by atoms with Crippen LogP contribution in [0.4, 0.5) is 0 Å². The molecule has 12 heteroatoms. The summed E-state index contributed by atoms with van der Waals surface area (Å²) in [5.41, 5.74) is 27.3. The third-order valence-corrected chi connectivity index (χ3v) is 22.5. The van der Waals surface area contributed by atoms with Crippen molar-refractivity contribution in [3.63, 3.8) is 0 Å². The molecule has 2 spiro atoms. The van der Waals surface area contributed by atoms with Crippen LogP contribution < -0.4 is 5.46 Å². The second-order valence-electron chi connectivity index (χ2n) is 28.8. The molecule has 514 valence electrons. The molecule has 1 aliphatic heterocycles. The molecule has 12 aromatic carbocycles. The monoisotopic (exact) mass is 1410 g/mol. The molecule has 0 bridgehead atoms. The summed E-state index contributed by atoms with van der Waals surface area (Å²) in [6.07, 6.45) is 3.79. The normalized spacial score (nSPS) is 14.5. The number of nitrogens with zero attached hydrogens (tertiary/aromatic N) is 8. The summed E-state index contributed by atoms with van der Waals surface area (Å²) < 4.78 is 12.4. The van der Waals surface area contributed by atoms with Crippen molar-refractivity contribution in [3.05, 3.63) is 390 Å².